The summed E-state index contributed by atoms with van der Waals surface area (Å²) in [6.45, 7) is 2.10. The first-order chi connectivity index (χ1) is 12.5. The van der Waals surface area contributed by atoms with Gasteiger partial charge in [0.15, 0.2) is 5.82 Å². The Morgan fingerprint density at radius 1 is 1.35 bits per heavy atom. The first-order valence-corrected chi connectivity index (χ1v) is 10.3. The van der Waals surface area contributed by atoms with Crippen LogP contribution in [0.3, 0.4) is 0 Å². The van der Waals surface area contributed by atoms with Crippen molar-refractivity contribution in [3.8, 4) is 0 Å². The molecule has 0 unspecified atom stereocenters. The van der Waals surface area contributed by atoms with E-state index in [-0.39, 0.29) is 11.7 Å². The maximum absolute atomic E-state index is 12.7. The molecule has 8 heteroatoms. The zero-order valence-corrected chi connectivity index (χ0v) is 15.5. The minimum atomic E-state index is -3.48. The largest absolute Gasteiger partial charge is 0.360 e. The van der Waals surface area contributed by atoms with Gasteiger partial charge in [0.1, 0.15) is 11.8 Å². The molecule has 1 aliphatic rings. The van der Waals surface area contributed by atoms with Crippen LogP contribution in [-0.4, -0.2) is 42.1 Å². The molecule has 1 N–H and O–H groups in total. The Labute approximate surface area is 153 Å². The second-order valence-corrected chi connectivity index (χ2v) is 8.53. The minimum absolute atomic E-state index is 0.0365. The van der Waals surface area contributed by atoms with E-state index in [1.54, 1.807) is 13.0 Å². The Morgan fingerprint density at radius 2 is 2.12 bits per heavy atom. The topological polar surface area (TPSA) is 92.5 Å². The number of hydrogen-bond acceptors (Lipinski definition) is 5. The first kappa shape index (κ1) is 18.6. The van der Waals surface area contributed by atoms with E-state index >= 15 is 0 Å². The molecular weight excluding hydrogens is 354 g/mol. The average molecular weight is 377 g/mol. The van der Waals surface area contributed by atoms with Crippen LogP contribution in [0.2, 0.25) is 0 Å². The van der Waals surface area contributed by atoms with Crippen LogP contribution in [0.15, 0.2) is 40.9 Å². The van der Waals surface area contributed by atoms with Gasteiger partial charge in [0.2, 0.25) is 15.9 Å². The number of sulfonamides is 1. The van der Waals surface area contributed by atoms with Crippen molar-refractivity contribution in [2.24, 2.45) is 0 Å². The van der Waals surface area contributed by atoms with Gasteiger partial charge in [-0.15, -0.1) is 0 Å². The van der Waals surface area contributed by atoms with Crippen LogP contribution in [0, 0.1) is 6.92 Å². The van der Waals surface area contributed by atoms with Gasteiger partial charge in [-0.3, -0.25) is 4.79 Å². The fraction of sp³-hybridized carbons (Fsp3) is 0.444. The molecule has 1 amide bonds. The number of anilines is 1. The summed E-state index contributed by atoms with van der Waals surface area (Å²) in [5.74, 6) is 0.565. The Balaban J connectivity index is 1.59. The number of carbonyl (C=O) groups excluding carboxylic acids is 1. The third kappa shape index (κ3) is 4.50. The number of aryl methyl sites for hydroxylation is 2. The third-order valence-corrected chi connectivity index (χ3v) is 6.41. The molecule has 0 saturated carbocycles. The van der Waals surface area contributed by atoms with E-state index in [4.69, 9.17) is 4.52 Å². The number of rotatable bonds is 7. The third-order valence-electron chi connectivity index (χ3n) is 4.45. The smallest absolute Gasteiger partial charge is 0.244 e. The zero-order valence-electron chi connectivity index (χ0n) is 14.7. The SMILES string of the molecule is Cc1cc(NC(=O)[C@@H]2CCCN2S(=O)(=O)CCCc2ccccc2)no1. The van der Waals surface area contributed by atoms with Gasteiger partial charge in [0, 0.05) is 12.6 Å². The van der Waals surface area contributed by atoms with Crippen molar-refractivity contribution >= 4 is 21.7 Å². The van der Waals surface area contributed by atoms with Gasteiger partial charge in [-0.2, -0.15) is 4.31 Å². The minimum Gasteiger partial charge on any atom is -0.360 e. The van der Waals surface area contributed by atoms with Crippen molar-refractivity contribution in [3.63, 3.8) is 0 Å². The lowest BCUT2D eigenvalue weighted by atomic mass is 10.1. The summed E-state index contributed by atoms with van der Waals surface area (Å²) in [4.78, 5) is 12.5. The van der Waals surface area contributed by atoms with Crippen LogP contribution >= 0.6 is 0 Å². The van der Waals surface area contributed by atoms with E-state index in [9.17, 15) is 13.2 Å². The molecule has 1 aromatic heterocycles. The highest BCUT2D eigenvalue weighted by Gasteiger charge is 2.38. The quantitative estimate of drug-likeness (QED) is 0.799. The summed E-state index contributed by atoms with van der Waals surface area (Å²) in [7, 11) is -3.48. The van der Waals surface area contributed by atoms with Gasteiger partial charge in [-0.05, 0) is 38.2 Å². The molecule has 0 bridgehead atoms. The zero-order chi connectivity index (χ0) is 18.6. The van der Waals surface area contributed by atoms with E-state index in [1.165, 1.54) is 4.31 Å². The van der Waals surface area contributed by atoms with Crippen molar-refractivity contribution in [2.45, 2.75) is 38.6 Å². The number of nitrogens with zero attached hydrogens (tertiary/aromatic N) is 2. The van der Waals surface area contributed by atoms with Crippen LogP contribution in [0.5, 0.6) is 0 Å². The average Bonchev–Trinajstić information content (AvgIpc) is 3.25. The second kappa shape index (κ2) is 8.01. The highest BCUT2D eigenvalue weighted by Crippen LogP contribution is 2.23. The molecule has 2 aromatic rings. The number of aromatic nitrogens is 1. The fourth-order valence-corrected chi connectivity index (χ4v) is 4.93. The fourth-order valence-electron chi connectivity index (χ4n) is 3.19. The number of hydrogen-bond donors (Lipinski definition) is 1. The Bertz CT molecular complexity index is 848. The number of amides is 1. The van der Waals surface area contributed by atoms with Crippen LogP contribution in [0.1, 0.15) is 30.6 Å². The van der Waals surface area contributed by atoms with E-state index < -0.39 is 16.1 Å². The standard InChI is InChI=1S/C18H23N3O4S/c1-14-13-17(20-25-14)19-18(22)16-10-5-11-21(16)26(23,24)12-6-9-15-7-3-2-4-8-15/h2-4,7-8,13,16H,5-6,9-12H2,1H3,(H,19,20,22)/t16-/m0/s1. The molecule has 3 rings (SSSR count). The summed E-state index contributed by atoms with van der Waals surface area (Å²) in [6.07, 6.45) is 2.41. The lowest BCUT2D eigenvalue weighted by Gasteiger charge is -2.23. The van der Waals surface area contributed by atoms with Crippen LogP contribution < -0.4 is 5.32 Å². The molecule has 0 aliphatic carbocycles. The lowest BCUT2D eigenvalue weighted by molar-refractivity contribution is -0.119. The molecule has 0 radical (unpaired) electrons. The van der Waals surface area contributed by atoms with Crippen molar-refractivity contribution in [1.29, 1.82) is 0 Å². The van der Waals surface area contributed by atoms with Crippen molar-refractivity contribution in [2.75, 3.05) is 17.6 Å². The molecule has 1 saturated heterocycles. The molecule has 140 valence electrons. The number of carbonyl (C=O) groups is 1. The van der Waals surface area contributed by atoms with Gasteiger partial charge in [-0.1, -0.05) is 35.5 Å². The van der Waals surface area contributed by atoms with Crippen molar-refractivity contribution < 1.29 is 17.7 Å². The molecule has 1 aliphatic heterocycles. The molecule has 7 nitrogen and oxygen atoms in total. The lowest BCUT2D eigenvalue weighted by Crippen LogP contribution is -2.44. The van der Waals surface area contributed by atoms with E-state index in [1.807, 2.05) is 30.3 Å². The summed E-state index contributed by atoms with van der Waals surface area (Å²) in [5, 5.41) is 6.36. The Hall–Kier alpha value is -2.19. The number of nitrogens with one attached hydrogen (secondary N) is 1. The molecule has 1 aromatic carbocycles. The molecule has 26 heavy (non-hydrogen) atoms. The second-order valence-electron chi connectivity index (χ2n) is 6.49. The van der Waals surface area contributed by atoms with Crippen LogP contribution in [0.25, 0.3) is 0 Å². The predicted octanol–water partition coefficient (Wildman–Crippen LogP) is 2.35. The monoisotopic (exact) mass is 377 g/mol. The first-order valence-electron chi connectivity index (χ1n) is 8.73. The Kier molecular flexibility index (Phi) is 5.73. The van der Waals surface area contributed by atoms with Gasteiger partial charge in [0.05, 0.1) is 5.75 Å². The molecule has 1 fully saturated rings. The molecule has 1 atom stereocenters. The Morgan fingerprint density at radius 3 is 2.81 bits per heavy atom. The summed E-state index contributed by atoms with van der Waals surface area (Å²) < 4.78 is 31.7. The van der Waals surface area contributed by atoms with Gasteiger partial charge >= 0.3 is 0 Å². The van der Waals surface area contributed by atoms with Crippen LogP contribution in [-0.2, 0) is 21.2 Å². The van der Waals surface area contributed by atoms with Gasteiger partial charge in [0.25, 0.3) is 0 Å². The van der Waals surface area contributed by atoms with Crippen molar-refractivity contribution in [1.82, 2.24) is 9.46 Å². The van der Waals surface area contributed by atoms with Crippen molar-refractivity contribution in [3.05, 3.63) is 47.7 Å². The molecule has 0 spiro atoms. The highest BCUT2D eigenvalue weighted by atomic mass is 32.2. The van der Waals surface area contributed by atoms with Gasteiger partial charge < -0.3 is 9.84 Å². The van der Waals surface area contributed by atoms with E-state index in [0.717, 1.165) is 5.56 Å². The normalized spacial score (nSPS) is 18.1. The summed E-state index contributed by atoms with van der Waals surface area (Å²) >= 11 is 0. The van der Waals surface area contributed by atoms with E-state index in [2.05, 4.69) is 10.5 Å². The maximum atomic E-state index is 12.7. The molecular formula is C18H23N3O4S. The summed E-state index contributed by atoms with van der Waals surface area (Å²) in [6, 6.07) is 10.7. The molecule has 2 heterocycles. The number of benzene rings is 1. The predicted molar refractivity (Wildman–Crippen MR) is 98.1 cm³/mol. The van der Waals surface area contributed by atoms with Crippen LogP contribution in [0.4, 0.5) is 5.82 Å². The van der Waals surface area contributed by atoms with Gasteiger partial charge in [-0.25, -0.2) is 8.42 Å². The summed E-state index contributed by atoms with van der Waals surface area (Å²) in [5.41, 5.74) is 1.11. The maximum Gasteiger partial charge on any atom is 0.244 e. The highest BCUT2D eigenvalue weighted by molar-refractivity contribution is 7.89. The van der Waals surface area contributed by atoms with E-state index in [0.29, 0.717) is 43.8 Å².